The second kappa shape index (κ2) is 68.7. The van der Waals surface area contributed by atoms with Gasteiger partial charge in [-0.3, -0.25) is 14.4 Å². The van der Waals surface area contributed by atoms with E-state index in [1.165, 1.54) is 12.8 Å². The van der Waals surface area contributed by atoms with Crippen LogP contribution in [-0.2, 0) is 28.6 Å². The van der Waals surface area contributed by atoms with Crippen molar-refractivity contribution in [3.8, 4) is 0 Å². The van der Waals surface area contributed by atoms with Gasteiger partial charge < -0.3 is 14.2 Å². The zero-order valence-electron chi connectivity index (χ0n) is 52.9. The quantitative estimate of drug-likeness (QED) is 0.0261. The van der Waals surface area contributed by atoms with Gasteiger partial charge in [-0.05, 0) is 161 Å². The van der Waals surface area contributed by atoms with Crippen molar-refractivity contribution in [3.63, 3.8) is 0 Å². The summed E-state index contributed by atoms with van der Waals surface area (Å²) < 4.78 is 16.9. The molecule has 0 spiro atoms. The molecule has 0 aromatic heterocycles. The molecule has 83 heavy (non-hydrogen) atoms. The summed E-state index contributed by atoms with van der Waals surface area (Å²) in [6.45, 7) is 6.23. The van der Waals surface area contributed by atoms with Gasteiger partial charge in [-0.15, -0.1) is 0 Å². The molecule has 6 heteroatoms. The molecule has 6 nitrogen and oxygen atoms in total. The number of hydrogen-bond donors (Lipinski definition) is 0. The van der Waals surface area contributed by atoms with Crippen LogP contribution >= 0.6 is 0 Å². The minimum atomic E-state index is -0.823. The number of carbonyl (C=O) groups is 3. The Morgan fingerprint density at radius 1 is 0.241 bits per heavy atom. The minimum Gasteiger partial charge on any atom is -0.462 e. The molecular formula is C77H118O6. The number of esters is 3. The third-order valence-corrected chi connectivity index (χ3v) is 13.1. The summed E-state index contributed by atoms with van der Waals surface area (Å²) in [6, 6.07) is 0. The average molecular weight is 1140 g/mol. The minimum absolute atomic E-state index is 0.115. The molecule has 0 bridgehead atoms. The summed E-state index contributed by atoms with van der Waals surface area (Å²) in [5.41, 5.74) is 0. The molecule has 0 amide bonds. The number of hydrogen-bond acceptors (Lipinski definition) is 6. The Bertz CT molecular complexity index is 1990. The van der Waals surface area contributed by atoms with Gasteiger partial charge >= 0.3 is 17.9 Å². The number of allylic oxidation sites excluding steroid dienone is 32. The van der Waals surface area contributed by atoms with E-state index in [2.05, 4.69) is 215 Å². The summed E-state index contributed by atoms with van der Waals surface area (Å²) >= 11 is 0. The van der Waals surface area contributed by atoms with Gasteiger partial charge in [0.2, 0.25) is 0 Å². The number of ether oxygens (including phenoxy) is 3. The van der Waals surface area contributed by atoms with Crippen LogP contribution in [0.1, 0.15) is 252 Å². The molecule has 0 aliphatic rings. The van der Waals surface area contributed by atoms with E-state index in [9.17, 15) is 14.4 Å². The van der Waals surface area contributed by atoms with Gasteiger partial charge in [-0.1, -0.05) is 267 Å². The second-order valence-electron chi connectivity index (χ2n) is 20.9. The Morgan fingerprint density at radius 2 is 0.434 bits per heavy atom. The van der Waals surface area contributed by atoms with Crippen LogP contribution in [0.4, 0.5) is 0 Å². The molecular weight excluding hydrogens is 1020 g/mol. The summed E-state index contributed by atoms with van der Waals surface area (Å²) in [4.78, 5) is 38.4. The highest BCUT2D eigenvalue weighted by Crippen LogP contribution is 2.13. The summed E-state index contributed by atoms with van der Waals surface area (Å²) in [7, 11) is 0. The van der Waals surface area contributed by atoms with E-state index in [1.807, 2.05) is 0 Å². The largest absolute Gasteiger partial charge is 0.462 e. The van der Waals surface area contributed by atoms with E-state index >= 15 is 0 Å². The molecule has 1 unspecified atom stereocenters. The van der Waals surface area contributed by atoms with Crippen LogP contribution in [0.3, 0.4) is 0 Å². The third kappa shape index (κ3) is 66.9. The molecule has 0 heterocycles. The number of unbranched alkanes of at least 4 members (excludes halogenated alkanes) is 14. The molecule has 0 aliphatic heterocycles. The summed E-state index contributed by atoms with van der Waals surface area (Å²) in [5.74, 6) is -0.985. The van der Waals surface area contributed by atoms with Crippen molar-refractivity contribution in [1.82, 2.24) is 0 Å². The van der Waals surface area contributed by atoms with Crippen molar-refractivity contribution >= 4 is 17.9 Å². The maximum atomic E-state index is 12.9. The van der Waals surface area contributed by atoms with E-state index in [1.54, 1.807) is 0 Å². The zero-order chi connectivity index (χ0) is 59.9. The van der Waals surface area contributed by atoms with Crippen molar-refractivity contribution in [2.24, 2.45) is 0 Å². The first kappa shape index (κ1) is 77.2. The Labute approximate surface area is 509 Å². The molecule has 0 rings (SSSR count). The first-order valence-electron chi connectivity index (χ1n) is 32.9. The van der Waals surface area contributed by atoms with Crippen molar-refractivity contribution in [1.29, 1.82) is 0 Å². The Hall–Kier alpha value is -5.75. The van der Waals surface area contributed by atoms with Crippen molar-refractivity contribution in [2.45, 2.75) is 258 Å². The Morgan fingerprint density at radius 3 is 0.675 bits per heavy atom. The Balaban J connectivity index is 4.55. The van der Waals surface area contributed by atoms with E-state index in [4.69, 9.17) is 14.2 Å². The van der Waals surface area contributed by atoms with Crippen molar-refractivity contribution < 1.29 is 28.6 Å². The van der Waals surface area contributed by atoms with Crippen LogP contribution in [-0.4, -0.2) is 37.2 Å². The molecule has 462 valence electrons. The monoisotopic (exact) mass is 1140 g/mol. The normalized spacial score (nSPS) is 13.4. The lowest BCUT2D eigenvalue weighted by atomic mass is 10.1. The van der Waals surface area contributed by atoms with Gasteiger partial charge in [0.05, 0.1) is 0 Å². The first-order chi connectivity index (χ1) is 41.0. The first-order valence-corrected chi connectivity index (χ1v) is 32.9. The molecule has 0 aromatic carbocycles. The highest BCUT2D eigenvalue weighted by molar-refractivity contribution is 5.71. The molecule has 0 aromatic rings. The zero-order valence-corrected chi connectivity index (χ0v) is 52.9. The predicted molar refractivity (Wildman–Crippen MR) is 361 cm³/mol. The maximum absolute atomic E-state index is 12.9. The fraction of sp³-hybridized carbons (Fsp3) is 0.545. The number of carbonyl (C=O) groups excluding carboxylic acids is 3. The van der Waals surface area contributed by atoms with Gasteiger partial charge in [0.15, 0.2) is 6.10 Å². The molecule has 0 N–H and O–H groups in total. The molecule has 0 fully saturated rings. The van der Waals surface area contributed by atoms with E-state index < -0.39 is 6.10 Å². The van der Waals surface area contributed by atoms with Gasteiger partial charge in [-0.2, -0.15) is 0 Å². The standard InChI is InChI=1S/C77H118O6/c1-4-7-10-13-16-19-22-25-28-31-33-35-37-38-40-41-43-46-49-52-55-58-61-64-67-70-76(79)82-73-74(72-81-75(78)69-66-63-60-57-54-51-48-45-30-27-24-21-18-15-12-9-6-3)83-77(80)71-68-65-62-59-56-53-50-47-44-42-39-36-34-32-29-26-23-20-17-14-11-8-5-2/h7-12,16-21,25-30,33-36,38,40,42-44,46,48,50-51,53,74H,4-6,13-15,22-24,31-32,37,39,41,45,47,49,52,54-73H2,1-3H3/b10-7-,11-8-,12-9-,19-16-,20-17-,21-18-,28-25-,29-26-,30-27-,35-33-,36-34-,40-38-,44-42-,46-43-,51-48-,53-50-. The van der Waals surface area contributed by atoms with Crippen LogP contribution in [0.5, 0.6) is 0 Å². The fourth-order valence-electron chi connectivity index (χ4n) is 8.26. The van der Waals surface area contributed by atoms with Crippen LogP contribution in [0.2, 0.25) is 0 Å². The molecule has 0 radical (unpaired) electrons. The fourth-order valence-corrected chi connectivity index (χ4v) is 8.26. The van der Waals surface area contributed by atoms with Crippen LogP contribution in [0.15, 0.2) is 194 Å². The average Bonchev–Trinajstić information content (AvgIpc) is 3.49. The smallest absolute Gasteiger partial charge is 0.306 e. The highest BCUT2D eigenvalue weighted by atomic mass is 16.6. The van der Waals surface area contributed by atoms with Crippen molar-refractivity contribution in [2.75, 3.05) is 13.2 Å². The van der Waals surface area contributed by atoms with E-state index in [0.29, 0.717) is 12.8 Å². The molecule has 0 saturated carbocycles. The lowest BCUT2D eigenvalue weighted by Crippen LogP contribution is -2.30. The second-order valence-corrected chi connectivity index (χ2v) is 20.9. The lowest BCUT2D eigenvalue weighted by molar-refractivity contribution is -0.167. The third-order valence-electron chi connectivity index (χ3n) is 13.1. The predicted octanol–water partition coefficient (Wildman–Crippen LogP) is 23.0. The van der Waals surface area contributed by atoms with Gasteiger partial charge in [-0.25, -0.2) is 0 Å². The van der Waals surface area contributed by atoms with Gasteiger partial charge in [0.25, 0.3) is 0 Å². The molecule has 0 aliphatic carbocycles. The molecule has 0 saturated heterocycles. The number of rotatable bonds is 57. The van der Waals surface area contributed by atoms with Gasteiger partial charge in [0.1, 0.15) is 13.2 Å². The lowest BCUT2D eigenvalue weighted by Gasteiger charge is -2.18. The van der Waals surface area contributed by atoms with E-state index in [-0.39, 0.29) is 37.5 Å². The summed E-state index contributed by atoms with van der Waals surface area (Å²) in [6.07, 6.45) is 104. The highest BCUT2D eigenvalue weighted by Gasteiger charge is 2.19. The summed E-state index contributed by atoms with van der Waals surface area (Å²) in [5, 5.41) is 0. The Kier molecular flexibility index (Phi) is 64.0. The van der Waals surface area contributed by atoms with Crippen LogP contribution < -0.4 is 0 Å². The van der Waals surface area contributed by atoms with Crippen molar-refractivity contribution in [3.05, 3.63) is 194 Å². The molecule has 1 atom stereocenters. The van der Waals surface area contributed by atoms with Crippen LogP contribution in [0, 0.1) is 0 Å². The SMILES string of the molecule is CC/C=C\C/C=C\C/C=C\C/C=C\C/C=C\C/C=C\CCCCCCCCC(=O)OCC(COC(=O)CCCCCC/C=C\C/C=C\C/C=C\C/C=C\CC)OC(=O)CCCCCC/C=C\C/C=C\C/C=C\C/C=C\C/C=C\C/C=C\CC. The van der Waals surface area contributed by atoms with E-state index in [0.717, 1.165) is 199 Å². The van der Waals surface area contributed by atoms with Crippen LogP contribution in [0.25, 0.3) is 0 Å². The van der Waals surface area contributed by atoms with Gasteiger partial charge in [0, 0.05) is 19.3 Å². The topological polar surface area (TPSA) is 78.9 Å². The maximum Gasteiger partial charge on any atom is 0.306 e.